The highest BCUT2D eigenvalue weighted by Crippen LogP contribution is 2.36. The van der Waals surface area contributed by atoms with E-state index in [1.54, 1.807) is 42.5 Å². The summed E-state index contributed by atoms with van der Waals surface area (Å²) < 4.78 is 5.85. The van der Waals surface area contributed by atoms with Crippen molar-refractivity contribution in [2.24, 2.45) is 0 Å². The number of hydrogen-bond donors (Lipinski definition) is 0. The zero-order chi connectivity index (χ0) is 15.0. The molecule has 0 fully saturated rings. The lowest BCUT2D eigenvalue weighted by Crippen LogP contribution is -2.20. The van der Waals surface area contributed by atoms with E-state index in [1.807, 2.05) is 0 Å². The summed E-state index contributed by atoms with van der Waals surface area (Å²) in [6, 6.07) is 11.7. The number of fused-ring (bicyclic) bond motifs is 1. The largest absolute Gasteiger partial charge is 0.484 e. The lowest BCUT2D eigenvalue weighted by molar-refractivity contribution is 0.0849. The van der Waals surface area contributed by atoms with Gasteiger partial charge in [-0.05, 0) is 47.5 Å². The minimum atomic E-state index is -0.512. The molecule has 0 aromatic heterocycles. The number of carbonyl (C=O) groups excluding carboxylic acids is 2. The van der Waals surface area contributed by atoms with Crippen LogP contribution in [0.3, 0.4) is 0 Å². The maximum absolute atomic E-state index is 12.2. The zero-order valence-electron chi connectivity index (χ0n) is 10.8. The van der Waals surface area contributed by atoms with Gasteiger partial charge in [-0.15, -0.1) is 0 Å². The Morgan fingerprint density at radius 1 is 1.14 bits per heavy atom. The minimum Gasteiger partial charge on any atom is -0.484 e. The van der Waals surface area contributed by atoms with Crippen LogP contribution in [-0.4, -0.2) is 11.0 Å². The minimum absolute atomic E-state index is 0.0127. The first kappa shape index (κ1) is 14.1. The summed E-state index contributed by atoms with van der Waals surface area (Å²) in [5.74, 6) is 0.513. The summed E-state index contributed by atoms with van der Waals surface area (Å²) in [6.45, 7) is 0. The van der Waals surface area contributed by atoms with Crippen LogP contribution < -0.4 is 4.74 Å². The fourth-order valence-corrected chi connectivity index (χ4v) is 2.61. The van der Waals surface area contributed by atoms with Gasteiger partial charge in [0.05, 0.1) is 12.0 Å². The van der Waals surface area contributed by atoms with Crippen molar-refractivity contribution in [2.75, 3.05) is 0 Å². The van der Waals surface area contributed by atoms with E-state index in [2.05, 4.69) is 0 Å². The molecule has 1 aliphatic heterocycles. The molecule has 0 N–H and O–H groups in total. The van der Waals surface area contributed by atoms with Gasteiger partial charge >= 0.3 is 0 Å². The molecule has 2 aromatic rings. The van der Waals surface area contributed by atoms with E-state index in [0.717, 1.165) is 5.56 Å². The number of benzene rings is 2. The lowest BCUT2D eigenvalue weighted by atomic mass is 9.96. The van der Waals surface area contributed by atoms with Crippen molar-refractivity contribution in [1.82, 2.24) is 0 Å². The van der Waals surface area contributed by atoms with Crippen LogP contribution in [0.5, 0.6) is 5.75 Å². The molecule has 3 nitrogen and oxygen atoms in total. The molecule has 0 aliphatic carbocycles. The molecular weight excluding hydrogens is 311 g/mol. The van der Waals surface area contributed by atoms with Crippen LogP contribution in [0.2, 0.25) is 5.02 Å². The van der Waals surface area contributed by atoms with Crippen LogP contribution in [0.4, 0.5) is 0 Å². The molecular formula is C16H10Cl2O3. The van der Waals surface area contributed by atoms with Gasteiger partial charge in [0.2, 0.25) is 0 Å². The molecule has 0 spiro atoms. The number of ether oxygens (including phenoxy) is 1. The first-order valence-electron chi connectivity index (χ1n) is 6.34. The monoisotopic (exact) mass is 320 g/mol. The normalized spacial score (nSPS) is 17.0. The topological polar surface area (TPSA) is 43.4 Å². The first-order chi connectivity index (χ1) is 10.0. The molecule has 21 heavy (non-hydrogen) atoms. The molecule has 1 atom stereocenters. The van der Waals surface area contributed by atoms with Crippen LogP contribution in [0.1, 0.15) is 38.8 Å². The summed E-state index contributed by atoms with van der Waals surface area (Å²) in [6.07, 6.45) is -0.132. The molecule has 3 rings (SSSR count). The van der Waals surface area contributed by atoms with E-state index in [-0.39, 0.29) is 18.3 Å². The van der Waals surface area contributed by atoms with Gasteiger partial charge < -0.3 is 4.74 Å². The Balaban J connectivity index is 1.90. The second kappa shape index (κ2) is 5.51. The Hall–Kier alpha value is -1.84. The Morgan fingerprint density at radius 2 is 1.86 bits per heavy atom. The average Bonchev–Trinajstić information content (AvgIpc) is 2.48. The number of halogens is 2. The van der Waals surface area contributed by atoms with Crippen LogP contribution in [0, 0.1) is 0 Å². The second-order valence-electron chi connectivity index (χ2n) is 4.77. The molecule has 1 aliphatic rings. The summed E-state index contributed by atoms with van der Waals surface area (Å²) in [4.78, 5) is 23.2. The van der Waals surface area contributed by atoms with Crippen LogP contribution in [0.15, 0.2) is 42.5 Å². The number of carbonyl (C=O) groups is 2. The van der Waals surface area contributed by atoms with Crippen LogP contribution >= 0.6 is 23.2 Å². The SMILES string of the molecule is O=C(Cl)c1ccc(C2CC(=O)c3cc(Cl)ccc3O2)cc1. The third-order valence-corrected chi connectivity index (χ3v) is 3.84. The molecule has 0 saturated carbocycles. The van der Waals surface area contributed by atoms with Gasteiger partial charge in [0.15, 0.2) is 5.78 Å². The third-order valence-electron chi connectivity index (χ3n) is 3.39. The first-order valence-corrected chi connectivity index (χ1v) is 7.09. The summed E-state index contributed by atoms with van der Waals surface area (Å²) in [7, 11) is 0. The molecule has 0 saturated heterocycles. The number of rotatable bonds is 2. The smallest absolute Gasteiger partial charge is 0.252 e. The van der Waals surface area contributed by atoms with Crippen molar-refractivity contribution in [3.05, 3.63) is 64.2 Å². The Labute approximate surface area is 131 Å². The number of hydrogen-bond acceptors (Lipinski definition) is 3. The Kier molecular flexibility index (Phi) is 3.70. The molecule has 0 bridgehead atoms. The van der Waals surface area contributed by atoms with Gasteiger partial charge in [-0.2, -0.15) is 0 Å². The summed E-state index contributed by atoms with van der Waals surface area (Å²) >= 11 is 11.3. The van der Waals surface area contributed by atoms with Crippen molar-refractivity contribution in [3.8, 4) is 5.75 Å². The van der Waals surface area contributed by atoms with Crippen molar-refractivity contribution < 1.29 is 14.3 Å². The maximum atomic E-state index is 12.2. The second-order valence-corrected chi connectivity index (χ2v) is 5.55. The molecule has 106 valence electrons. The van der Waals surface area contributed by atoms with Crippen LogP contribution in [0.25, 0.3) is 0 Å². The van der Waals surface area contributed by atoms with Crippen molar-refractivity contribution in [3.63, 3.8) is 0 Å². The molecule has 1 heterocycles. The lowest BCUT2D eigenvalue weighted by Gasteiger charge is -2.25. The predicted octanol–water partition coefficient (Wildman–Crippen LogP) is 4.43. The van der Waals surface area contributed by atoms with Crippen LogP contribution in [-0.2, 0) is 0 Å². The van der Waals surface area contributed by atoms with Gasteiger partial charge in [-0.1, -0.05) is 23.7 Å². The van der Waals surface area contributed by atoms with Gasteiger partial charge in [-0.25, -0.2) is 0 Å². The standard InChI is InChI=1S/C16H10Cl2O3/c17-11-5-6-14-12(7-11)13(19)8-15(21-14)9-1-3-10(4-2-9)16(18)20/h1-7,15H,8H2. The number of Topliss-reactive ketones (excluding diaryl/α,β-unsaturated/α-hetero) is 1. The summed E-state index contributed by atoms with van der Waals surface area (Å²) in [5.41, 5.74) is 1.74. The van der Waals surface area contributed by atoms with E-state index >= 15 is 0 Å². The number of ketones is 1. The van der Waals surface area contributed by atoms with Gasteiger partial charge in [0.1, 0.15) is 11.9 Å². The Bertz CT molecular complexity index is 723. The van der Waals surface area contributed by atoms with Crippen molar-refractivity contribution >= 4 is 34.2 Å². The van der Waals surface area contributed by atoms with Gasteiger partial charge in [0.25, 0.3) is 5.24 Å². The average molecular weight is 321 g/mol. The summed E-state index contributed by atoms with van der Waals surface area (Å²) in [5, 5.41) is -0.00342. The van der Waals surface area contributed by atoms with E-state index in [4.69, 9.17) is 27.9 Å². The highest BCUT2D eigenvalue weighted by Gasteiger charge is 2.27. The van der Waals surface area contributed by atoms with E-state index in [9.17, 15) is 9.59 Å². The van der Waals surface area contributed by atoms with Crippen molar-refractivity contribution in [1.29, 1.82) is 0 Å². The molecule has 1 unspecified atom stereocenters. The zero-order valence-corrected chi connectivity index (χ0v) is 12.3. The molecule has 0 radical (unpaired) electrons. The molecule has 2 aromatic carbocycles. The highest BCUT2D eigenvalue weighted by atomic mass is 35.5. The van der Waals surface area contributed by atoms with Crippen molar-refractivity contribution in [2.45, 2.75) is 12.5 Å². The molecule has 5 heteroatoms. The predicted molar refractivity (Wildman–Crippen MR) is 80.4 cm³/mol. The third kappa shape index (κ3) is 2.80. The van der Waals surface area contributed by atoms with Gasteiger partial charge in [-0.3, -0.25) is 9.59 Å². The molecule has 0 amide bonds. The quantitative estimate of drug-likeness (QED) is 0.769. The Morgan fingerprint density at radius 3 is 2.52 bits per heavy atom. The maximum Gasteiger partial charge on any atom is 0.252 e. The van der Waals surface area contributed by atoms with Gasteiger partial charge in [0, 0.05) is 10.6 Å². The van der Waals surface area contributed by atoms with E-state index < -0.39 is 5.24 Å². The fraction of sp³-hybridized carbons (Fsp3) is 0.125. The van der Waals surface area contributed by atoms with E-state index in [1.165, 1.54) is 0 Å². The fourth-order valence-electron chi connectivity index (χ4n) is 2.31. The highest BCUT2D eigenvalue weighted by molar-refractivity contribution is 6.67. The van der Waals surface area contributed by atoms with E-state index in [0.29, 0.717) is 21.9 Å².